The lowest BCUT2D eigenvalue weighted by atomic mass is 10.2. The topological polar surface area (TPSA) is 76.4 Å². The molecule has 0 aliphatic rings. The van der Waals surface area contributed by atoms with Crippen LogP contribution in [0, 0.1) is 0 Å². The molecule has 0 saturated heterocycles. The number of methoxy groups -OCH3 is 1. The SMILES string of the molecule is COCCn1c(-c2nc(C(=O)NCCO)cs2)cc2ccccc21. The number of aliphatic hydroxyl groups is 1. The number of ether oxygens (including phenoxy) is 1. The third-order valence-electron chi connectivity index (χ3n) is 3.68. The van der Waals surface area contributed by atoms with E-state index < -0.39 is 0 Å². The molecule has 0 radical (unpaired) electrons. The van der Waals surface area contributed by atoms with Gasteiger partial charge in [0.2, 0.25) is 0 Å². The summed E-state index contributed by atoms with van der Waals surface area (Å²) in [7, 11) is 1.68. The summed E-state index contributed by atoms with van der Waals surface area (Å²) in [6, 6.07) is 10.2. The first-order valence-corrected chi connectivity index (χ1v) is 8.54. The predicted molar refractivity (Wildman–Crippen MR) is 94.3 cm³/mol. The van der Waals surface area contributed by atoms with Crippen LogP contribution >= 0.6 is 11.3 Å². The van der Waals surface area contributed by atoms with Gasteiger partial charge in [0.1, 0.15) is 10.7 Å². The van der Waals surface area contributed by atoms with Gasteiger partial charge in [0.25, 0.3) is 5.91 Å². The second-order valence-corrected chi connectivity index (χ2v) is 6.11. The van der Waals surface area contributed by atoms with Gasteiger partial charge in [-0.1, -0.05) is 18.2 Å². The van der Waals surface area contributed by atoms with Crippen molar-refractivity contribution in [3.63, 3.8) is 0 Å². The first kappa shape index (κ1) is 16.6. The van der Waals surface area contributed by atoms with Crippen molar-refractivity contribution in [3.05, 3.63) is 41.4 Å². The minimum atomic E-state index is -0.272. The van der Waals surface area contributed by atoms with Gasteiger partial charge in [-0.25, -0.2) is 4.98 Å². The van der Waals surface area contributed by atoms with Gasteiger partial charge >= 0.3 is 0 Å². The van der Waals surface area contributed by atoms with Gasteiger partial charge in [-0.15, -0.1) is 11.3 Å². The van der Waals surface area contributed by atoms with E-state index in [2.05, 4.69) is 33.1 Å². The molecule has 126 valence electrons. The number of hydrogen-bond donors (Lipinski definition) is 2. The number of fused-ring (bicyclic) bond motifs is 1. The Balaban J connectivity index is 1.96. The van der Waals surface area contributed by atoms with E-state index in [0.717, 1.165) is 21.6 Å². The maximum atomic E-state index is 12.0. The summed E-state index contributed by atoms with van der Waals surface area (Å²) in [5, 5.41) is 15.1. The molecule has 0 bridgehead atoms. The Morgan fingerprint density at radius 1 is 1.42 bits per heavy atom. The minimum absolute atomic E-state index is 0.0893. The molecule has 1 amide bonds. The number of nitrogens with one attached hydrogen (secondary N) is 1. The number of nitrogens with zero attached hydrogens (tertiary/aromatic N) is 2. The lowest BCUT2D eigenvalue weighted by molar-refractivity contribution is 0.0940. The molecule has 7 heteroatoms. The largest absolute Gasteiger partial charge is 0.395 e. The fraction of sp³-hybridized carbons (Fsp3) is 0.294. The Kier molecular flexibility index (Phi) is 5.24. The number of hydrogen-bond acceptors (Lipinski definition) is 5. The van der Waals surface area contributed by atoms with Crippen LogP contribution in [0.5, 0.6) is 0 Å². The second kappa shape index (κ2) is 7.57. The van der Waals surface area contributed by atoms with Crippen LogP contribution < -0.4 is 5.32 Å². The van der Waals surface area contributed by atoms with E-state index in [-0.39, 0.29) is 19.1 Å². The van der Waals surface area contributed by atoms with Gasteiger partial charge in [0, 0.05) is 36.5 Å². The van der Waals surface area contributed by atoms with Gasteiger partial charge in [-0.3, -0.25) is 4.79 Å². The fourth-order valence-electron chi connectivity index (χ4n) is 2.57. The number of carbonyl (C=O) groups is 1. The van der Waals surface area contributed by atoms with Crippen LogP contribution in [0.1, 0.15) is 10.5 Å². The van der Waals surface area contributed by atoms with Crippen LogP contribution in [-0.2, 0) is 11.3 Å². The normalized spacial score (nSPS) is 11.1. The van der Waals surface area contributed by atoms with E-state index in [4.69, 9.17) is 9.84 Å². The third-order valence-corrected chi connectivity index (χ3v) is 4.55. The zero-order valence-corrected chi connectivity index (χ0v) is 14.2. The Labute approximate surface area is 143 Å². The summed E-state index contributed by atoms with van der Waals surface area (Å²) in [5.74, 6) is -0.272. The molecule has 0 atom stereocenters. The minimum Gasteiger partial charge on any atom is -0.395 e. The maximum Gasteiger partial charge on any atom is 0.270 e. The van der Waals surface area contributed by atoms with Crippen molar-refractivity contribution in [1.29, 1.82) is 0 Å². The molecule has 3 rings (SSSR count). The van der Waals surface area contributed by atoms with Crippen LogP contribution in [0.2, 0.25) is 0 Å². The lowest BCUT2D eigenvalue weighted by Gasteiger charge is -2.08. The monoisotopic (exact) mass is 345 g/mol. The van der Waals surface area contributed by atoms with Crippen molar-refractivity contribution in [3.8, 4) is 10.7 Å². The van der Waals surface area contributed by atoms with E-state index in [1.54, 1.807) is 12.5 Å². The molecule has 2 N–H and O–H groups in total. The van der Waals surface area contributed by atoms with Gasteiger partial charge in [-0.05, 0) is 12.1 Å². The van der Waals surface area contributed by atoms with Crippen molar-refractivity contribution < 1.29 is 14.6 Å². The molecule has 0 saturated carbocycles. The number of para-hydroxylation sites is 1. The molecule has 2 aromatic heterocycles. The molecular formula is C17H19N3O3S. The van der Waals surface area contributed by atoms with E-state index in [1.165, 1.54) is 11.3 Å². The average Bonchev–Trinajstić information content (AvgIpc) is 3.22. The number of thiazole rings is 1. The molecule has 3 aromatic rings. The standard InChI is InChI=1S/C17H19N3O3S/c1-23-9-7-20-14-5-3-2-4-12(14)10-15(20)17-19-13(11-24-17)16(22)18-6-8-21/h2-5,10-11,21H,6-9H2,1H3,(H,18,22). The van der Waals surface area contributed by atoms with E-state index in [0.29, 0.717) is 18.8 Å². The number of rotatable bonds is 7. The maximum absolute atomic E-state index is 12.0. The quantitative estimate of drug-likeness (QED) is 0.688. The fourth-order valence-corrected chi connectivity index (χ4v) is 3.39. The van der Waals surface area contributed by atoms with E-state index in [9.17, 15) is 4.79 Å². The first-order valence-electron chi connectivity index (χ1n) is 7.66. The number of carbonyl (C=O) groups excluding carboxylic acids is 1. The van der Waals surface area contributed by atoms with Gasteiger partial charge in [0.05, 0.1) is 18.9 Å². The summed E-state index contributed by atoms with van der Waals surface area (Å²) in [6.07, 6.45) is 0. The zero-order chi connectivity index (χ0) is 16.9. The molecular weight excluding hydrogens is 326 g/mol. The van der Waals surface area contributed by atoms with Crippen molar-refractivity contribution >= 4 is 28.1 Å². The average molecular weight is 345 g/mol. The number of aromatic nitrogens is 2. The number of benzene rings is 1. The highest BCUT2D eigenvalue weighted by molar-refractivity contribution is 7.13. The first-order chi connectivity index (χ1) is 11.7. The number of amides is 1. The molecule has 1 aromatic carbocycles. The Morgan fingerprint density at radius 2 is 2.25 bits per heavy atom. The molecule has 6 nitrogen and oxygen atoms in total. The van der Waals surface area contributed by atoms with Crippen molar-refractivity contribution in [2.45, 2.75) is 6.54 Å². The Morgan fingerprint density at radius 3 is 3.04 bits per heavy atom. The summed E-state index contributed by atoms with van der Waals surface area (Å²) in [6.45, 7) is 1.44. The lowest BCUT2D eigenvalue weighted by Crippen LogP contribution is -2.26. The molecule has 0 spiro atoms. The van der Waals surface area contributed by atoms with Crippen molar-refractivity contribution in [2.75, 3.05) is 26.9 Å². The van der Waals surface area contributed by atoms with Gasteiger partial charge in [0.15, 0.2) is 0 Å². The number of aliphatic hydroxyl groups excluding tert-OH is 1. The molecule has 0 aliphatic carbocycles. The summed E-state index contributed by atoms with van der Waals surface area (Å²) < 4.78 is 7.38. The highest BCUT2D eigenvalue weighted by Gasteiger charge is 2.16. The predicted octanol–water partition coefficient (Wildman–Crippen LogP) is 2.13. The Bertz CT molecular complexity index is 841. The van der Waals surface area contributed by atoms with Crippen LogP contribution in [0.25, 0.3) is 21.6 Å². The van der Waals surface area contributed by atoms with Crippen LogP contribution in [0.15, 0.2) is 35.7 Å². The second-order valence-electron chi connectivity index (χ2n) is 5.25. The van der Waals surface area contributed by atoms with Gasteiger partial charge < -0.3 is 19.7 Å². The molecule has 0 unspecified atom stereocenters. The molecule has 2 heterocycles. The summed E-state index contributed by atoms with van der Waals surface area (Å²) in [5.41, 5.74) is 2.46. The van der Waals surface area contributed by atoms with Crippen LogP contribution in [0.3, 0.4) is 0 Å². The van der Waals surface area contributed by atoms with Crippen molar-refractivity contribution in [2.24, 2.45) is 0 Å². The summed E-state index contributed by atoms with van der Waals surface area (Å²) >= 11 is 1.43. The Hall–Kier alpha value is -2.22. The molecule has 0 aliphatic heterocycles. The summed E-state index contributed by atoms with van der Waals surface area (Å²) in [4.78, 5) is 16.4. The van der Waals surface area contributed by atoms with Crippen LogP contribution in [0.4, 0.5) is 0 Å². The third kappa shape index (κ3) is 3.33. The molecule has 0 fully saturated rings. The van der Waals surface area contributed by atoms with Gasteiger partial charge in [-0.2, -0.15) is 0 Å². The highest BCUT2D eigenvalue weighted by Crippen LogP contribution is 2.30. The van der Waals surface area contributed by atoms with E-state index in [1.807, 2.05) is 12.1 Å². The van der Waals surface area contributed by atoms with Crippen LogP contribution in [-0.4, -0.2) is 47.4 Å². The molecule has 24 heavy (non-hydrogen) atoms. The smallest absolute Gasteiger partial charge is 0.270 e. The zero-order valence-electron chi connectivity index (χ0n) is 13.4. The highest BCUT2D eigenvalue weighted by atomic mass is 32.1. The van der Waals surface area contributed by atoms with E-state index >= 15 is 0 Å². The van der Waals surface area contributed by atoms with Crippen molar-refractivity contribution in [1.82, 2.24) is 14.9 Å².